The average Bonchev–Trinajstić information content (AvgIpc) is 2.60. The zero-order valence-electron chi connectivity index (χ0n) is 16.5. The predicted molar refractivity (Wildman–Crippen MR) is 113 cm³/mol. The van der Waals surface area contributed by atoms with Gasteiger partial charge in [-0.15, -0.1) is 0 Å². The van der Waals surface area contributed by atoms with Crippen molar-refractivity contribution in [1.29, 1.82) is 0 Å². The van der Waals surface area contributed by atoms with Gasteiger partial charge >= 0.3 is 0 Å². The fourth-order valence-corrected chi connectivity index (χ4v) is 3.87. The Morgan fingerprint density at radius 2 is 1.93 bits per heavy atom. The minimum Gasteiger partial charge on any atom is -0.760 e. The summed E-state index contributed by atoms with van der Waals surface area (Å²) in [4.78, 5) is 12.9. The van der Waals surface area contributed by atoms with Crippen molar-refractivity contribution in [2.24, 2.45) is 0 Å². The molecule has 0 heterocycles. The number of carbonyl (C=O) groups excluding carboxylic acids is 1. The van der Waals surface area contributed by atoms with E-state index in [1.54, 1.807) is 19.2 Å². The van der Waals surface area contributed by atoms with Gasteiger partial charge in [0.25, 0.3) is 0 Å². The third-order valence-electron chi connectivity index (χ3n) is 4.49. The van der Waals surface area contributed by atoms with Crippen molar-refractivity contribution in [3.05, 3.63) is 35.4 Å². The zero-order valence-corrected chi connectivity index (χ0v) is 18.1. The summed E-state index contributed by atoms with van der Waals surface area (Å²) in [5.74, 6) is -0.255. The number of rotatable bonds is 11. The summed E-state index contributed by atoms with van der Waals surface area (Å²) in [5, 5.41) is 5.80. The molecule has 3 unspecified atom stereocenters. The Morgan fingerprint density at radius 1 is 1.30 bits per heavy atom. The monoisotopic (exact) mass is 412 g/mol. The van der Waals surface area contributed by atoms with Crippen LogP contribution in [0.1, 0.15) is 57.1 Å². The first-order valence-electron chi connectivity index (χ1n) is 9.21. The number of unbranched alkanes of at least 4 members (excludes halogenated alkanes) is 2. The van der Waals surface area contributed by atoms with Crippen molar-refractivity contribution >= 4 is 34.4 Å². The third-order valence-corrected chi connectivity index (χ3v) is 5.56. The van der Waals surface area contributed by atoms with Gasteiger partial charge < -0.3 is 15.2 Å². The van der Waals surface area contributed by atoms with Gasteiger partial charge in [-0.3, -0.25) is 9.00 Å². The van der Waals surface area contributed by atoms with Crippen LogP contribution < -0.4 is 15.4 Å². The van der Waals surface area contributed by atoms with E-state index in [0.29, 0.717) is 5.56 Å². The molecule has 3 N–H and O–H groups in total. The molecule has 1 aromatic carbocycles. The summed E-state index contributed by atoms with van der Waals surface area (Å²) in [6.07, 6.45) is 4.04. The molecule has 0 aliphatic heterocycles. The van der Waals surface area contributed by atoms with E-state index in [4.69, 9.17) is 12.2 Å². The van der Waals surface area contributed by atoms with Gasteiger partial charge in [0.1, 0.15) is 10.5 Å². The lowest BCUT2D eigenvalue weighted by Crippen LogP contribution is -2.56. The first-order valence-corrected chi connectivity index (χ1v) is 10.7. The molecular formula is C19H30N3O3S2-. The molecule has 0 saturated heterocycles. The Bertz CT molecular complexity index is 652. The summed E-state index contributed by atoms with van der Waals surface area (Å²) in [5.41, 5.74) is 0.308. The molecule has 0 fully saturated rings. The lowest BCUT2D eigenvalue weighted by atomic mass is 9.86. The van der Waals surface area contributed by atoms with Gasteiger partial charge in [0.15, 0.2) is 0 Å². The first-order chi connectivity index (χ1) is 12.7. The summed E-state index contributed by atoms with van der Waals surface area (Å²) in [6.45, 7) is 6.02. The molecule has 0 aliphatic carbocycles. The Balaban J connectivity index is 3.09. The van der Waals surface area contributed by atoms with Crippen LogP contribution in [-0.2, 0) is 21.6 Å². The second kappa shape index (κ2) is 11.5. The molecule has 0 spiro atoms. The van der Waals surface area contributed by atoms with Gasteiger partial charge in [-0.2, -0.15) is 0 Å². The number of aryl methyl sites for hydroxylation is 1. The van der Waals surface area contributed by atoms with E-state index in [1.807, 2.05) is 26.0 Å². The normalized spacial score (nSPS) is 15.4. The SMILES string of the molecule is CCCCCC(C)NC(=O)CC(NS(=O)[O-])(C(=S)NC)c1ccc(C)cc1. The van der Waals surface area contributed by atoms with Crippen molar-refractivity contribution in [2.75, 3.05) is 7.05 Å². The van der Waals surface area contributed by atoms with E-state index in [9.17, 15) is 13.6 Å². The first kappa shape index (κ1) is 23.7. The molecule has 1 rings (SSSR count). The maximum Gasteiger partial charge on any atom is 0.222 e. The maximum absolute atomic E-state index is 12.7. The number of thiocarbonyl (C=S) groups is 1. The minimum atomic E-state index is -2.61. The standard InChI is InChI=1S/C19H31N3O3S2/c1-5-6-7-8-15(3)21-17(23)13-19(18(26)20-4,22-27(24)25)16-11-9-14(2)10-12-16/h9-12,15,22H,5-8,13H2,1-4H3,(H,20,26)(H,21,23)(H,24,25)/p-1. The fourth-order valence-electron chi connectivity index (χ4n) is 2.99. The highest BCUT2D eigenvalue weighted by atomic mass is 32.2. The summed E-state index contributed by atoms with van der Waals surface area (Å²) in [7, 11) is 1.62. The van der Waals surface area contributed by atoms with Crippen molar-refractivity contribution in [3.63, 3.8) is 0 Å². The molecule has 27 heavy (non-hydrogen) atoms. The number of hydrogen-bond donors (Lipinski definition) is 3. The van der Waals surface area contributed by atoms with Crippen molar-refractivity contribution in [2.45, 2.75) is 64.5 Å². The Hall–Kier alpha value is -1.35. The van der Waals surface area contributed by atoms with Crippen LogP contribution >= 0.6 is 12.2 Å². The Labute approximate surface area is 170 Å². The highest BCUT2D eigenvalue weighted by molar-refractivity contribution is 7.80. The Morgan fingerprint density at radius 3 is 2.44 bits per heavy atom. The van der Waals surface area contributed by atoms with E-state index < -0.39 is 16.8 Å². The van der Waals surface area contributed by atoms with Crippen LogP contribution in [0.2, 0.25) is 0 Å². The molecule has 6 nitrogen and oxygen atoms in total. The quantitative estimate of drug-likeness (QED) is 0.295. The smallest absolute Gasteiger partial charge is 0.222 e. The van der Waals surface area contributed by atoms with Crippen LogP contribution in [0.5, 0.6) is 0 Å². The summed E-state index contributed by atoms with van der Waals surface area (Å²) < 4.78 is 25.5. The molecule has 3 atom stereocenters. The van der Waals surface area contributed by atoms with Crippen LogP contribution in [0.3, 0.4) is 0 Å². The van der Waals surface area contributed by atoms with Crippen LogP contribution in [0.15, 0.2) is 24.3 Å². The Kier molecular flexibility index (Phi) is 10.1. The topological polar surface area (TPSA) is 93.3 Å². The highest BCUT2D eigenvalue weighted by Crippen LogP contribution is 2.28. The molecule has 0 saturated carbocycles. The highest BCUT2D eigenvalue weighted by Gasteiger charge is 2.39. The molecule has 152 valence electrons. The van der Waals surface area contributed by atoms with E-state index in [1.165, 1.54) is 0 Å². The minimum absolute atomic E-state index is 0.0145. The van der Waals surface area contributed by atoms with Crippen molar-refractivity contribution in [3.8, 4) is 0 Å². The number of nitrogens with one attached hydrogen (secondary N) is 3. The van der Waals surface area contributed by atoms with E-state index in [-0.39, 0.29) is 23.4 Å². The van der Waals surface area contributed by atoms with Crippen LogP contribution in [0.4, 0.5) is 0 Å². The lowest BCUT2D eigenvalue weighted by molar-refractivity contribution is -0.122. The summed E-state index contributed by atoms with van der Waals surface area (Å²) >= 11 is 2.81. The average molecular weight is 413 g/mol. The van der Waals surface area contributed by atoms with Crippen molar-refractivity contribution in [1.82, 2.24) is 15.4 Å². The largest absolute Gasteiger partial charge is 0.760 e. The van der Waals surface area contributed by atoms with Gasteiger partial charge in [0.05, 0.1) is 6.42 Å². The summed E-state index contributed by atoms with van der Waals surface area (Å²) in [6, 6.07) is 7.32. The lowest BCUT2D eigenvalue weighted by Gasteiger charge is -2.36. The van der Waals surface area contributed by atoms with Gasteiger partial charge in [0.2, 0.25) is 5.91 Å². The molecular weight excluding hydrogens is 382 g/mol. The second-order valence-corrected chi connectivity index (χ2v) is 7.91. The van der Waals surface area contributed by atoms with Gasteiger partial charge in [-0.05, 0) is 25.8 Å². The molecule has 8 heteroatoms. The molecule has 0 radical (unpaired) electrons. The van der Waals surface area contributed by atoms with Crippen LogP contribution in [0.25, 0.3) is 0 Å². The number of benzene rings is 1. The van der Waals surface area contributed by atoms with E-state index in [0.717, 1.165) is 31.2 Å². The number of carbonyl (C=O) groups is 1. The molecule has 1 aromatic rings. The van der Waals surface area contributed by atoms with Gasteiger partial charge in [-0.1, -0.05) is 68.2 Å². The van der Waals surface area contributed by atoms with Crippen molar-refractivity contribution < 1.29 is 13.6 Å². The number of hydrogen-bond acceptors (Lipinski definition) is 4. The predicted octanol–water partition coefficient (Wildman–Crippen LogP) is 2.60. The number of amides is 1. The number of likely N-dealkylation sites (N-methyl/N-ethyl adjacent to an activating group) is 1. The molecule has 0 aromatic heterocycles. The van der Waals surface area contributed by atoms with Crippen LogP contribution in [0, 0.1) is 6.92 Å². The molecule has 1 amide bonds. The van der Waals surface area contributed by atoms with Gasteiger partial charge in [-0.25, -0.2) is 4.72 Å². The fraction of sp³-hybridized carbons (Fsp3) is 0.579. The third kappa shape index (κ3) is 7.29. The second-order valence-electron chi connectivity index (χ2n) is 6.83. The zero-order chi connectivity index (χ0) is 20.4. The maximum atomic E-state index is 12.7. The van der Waals surface area contributed by atoms with E-state index >= 15 is 0 Å². The van der Waals surface area contributed by atoms with Gasteiger partial charge in [0, 0.05) is 24.4 Å². The van der Waals surface area contributed by atoms with E-state index in [2.05, 4.69) is 22.3 Å². The molecule has 0 bridgehead atoms. The van der Waals surface area contributed by atoms with Crippen LogP contribution in [-0.4, -0.2) is 32.7 Å². The molecule has 0 aliphatic rings.